The summed E-state index contributed by atoms with van der Waals surface area (Å²) >= 11 is 0. The Morgan fingerprint density at radius 1 is 0.469 bits per heavy atom. The first kappa shape index (κ1) is 51.9. The van der Waals surface area contributed by atoms with Gasteiger partial charge in [0.2, 0.25) is 35.7 Å². The molecular formula is C42H46N12Na2O6S2. The molecule has 22 heteroatoms. The van der Waals surface area contributed by atoms with Gasteiger partial charge in [0.1, 0.15) is 20.2 Å². The molecule has 6 rings (SSSR count). The summed E-state index contributed by atoms with van der Waals surface area (Å²) in [4.78, 5) is 29.7. The average Bonchev–Trinajstić information content (AvgIpc) is 3.22. The minimum absolute atomic E-state index is 0. The zero-order valence-corrected chi connectivity index (χ0v) is 42.5. The quantitative estimate of drug-likeness (QED) is 0.0540. The molecule has 0 fully saturated rings. The number of aromatic nitrogens is 6. The van der Waals surface area contributed by atoms with Crippen LogP contribution in [0.3, 0.4) is 0 Å². The summed E-state index contributed by atoms with van der Waals surface area (Å²) in [6.07, 6.45) is 2.48. The van der Waals surface area contributed by atoms with Crippen LogP contribution >= 0.6 is 0 Å². The largest absolute Gasteiger partial charge is 1.00 e. The second-order valence-corrected chi connectivity index (χ2v) is 16.6. The summed E-state index contributed by atoms with van der Waals surface area (Å²) in [6.45, 7) is 14.1. The van der Waals surface area contributed by atoms with Gasteiger partial charge in [0.05, 0.1) is 9.79 Å². The predicted molar refractivity (Wildman–Crippen MR) is 240 cm³/mol. The van der Waals surface area contributed by atoms with E-state index in [1.807, 2.05) is 99.9 Å². The SMILES string of the molecule is CCN(CC)c1nc(Nc2ccc(C)cc2)nc(Nc2ccc(/C=C/c3ccc(Nc4nc(Nc5ccc(C)cc5)nc(N(CC)CC)n4)cc3S(=O)(=O)[O-])c(S(=O)(=O)[O-])c2)n1.[Na+].[Na+]. The molecule has 0 saturated heterocycles. The zero-order valence-electron chi connectivity index (χ0n) is 36.9. The first-order valence-electron chi connectivity index (χ1n) is 19.7. The van der Waals surface area contributed by atoms with Crippen LogP contribution < -0.4 is 90.2 Å². The van der Waals surface area contributed by atoms with Crippen LogP contribution in [0.5, 0.6) is 0 Å². The molecule has 0 bridgehead atoms. The molecule has 0 saturated carbocycles. The number of anilines is 10. The summed E-state index contributed by atoms with van der Waals surface area (Å²) in [5.41, 5.74) is 3.84. The molecule has 0 amide bonds. The van der Waals surface area contributed by atoms with Crippen LogP contribution in [0.25, 0.3) is 12.2 Å². The van der Waals surface area contributed by atoms with Crippen molar-refractivity contribution in [1.29, 1.82) is 0 Å². The summed E-state index contributed by atoms with van der Waals surface area (Å²) < 4.78 is 75.6. The summed E-state index contributed by atoms with van der Waals surface area (Å²) in [7, 11) is -10.2. The van der Waals surface area contributed by atoms with Gasteiger partial charge in [0.25, 0.3) is 0 Å². The molecule has 324 valence electrons. The normalized spacial score (nSPS) is 11.3. The fourth-order valence-electron chi connectivity index (χ4n) is 6.15. The van der Waals surface area contributed by atoms with Crippen LogP contribution in [0.4, 0.5) is 58.4 Å². The van der Waals surface area contributed by atoms with E-state index in [1.165, 1.54) is 36.4 Å². The van der Waals surface area contributed by atoms with Crippen LogP contribution in [-0.4, -0.2) is 82.0 Å². The number of hydrogen-bond donors (Lipinski definition) is 4. The molecular weight excluding hydrogens is 879 g/mol. The number of aryl methyl sites for hydroxylation is 2. The van der Waals surface area contributed by atoms with Crippen molar-refractivity contribution < 1.29 is 85.1 Å². The van der Waals surface area contributed by atoms with Gasteiger partial charge in [-0.05, 0) is 101 Å². The van der Waals surface area contributed by atoms with E-state index in [9.17, 15) is 25.9 Å². The van der Waals surface area contributed by atoms with Gasteiger partial charge in [-0.2, -0.15) is 29.9 Å². The Labute approximate surface area is 418 Å². The molecule has 0 spiro atoms. The van der Waals surface area contributed by atoms with Crippen molar-refractivity contribution in [2.45, 2.75) is 51.3 Å². The number of nitrogens with one attached hydrogen (secondary N) is 4. The summed E-state index contributed by atoms with van der Waals surface area (Å²) in [5, 5.41) is 12.3. The Balaban J connectivity index is 0.00000449. The third-order valence-electron chi connectivity index (χ3n) is 9.48. The van der Waals surface area contributed by atoms with Gasteiger partial charge in [-0.25, -0.2) is 16.8 Å². The molecule has 0 unspecified atom stereocenters. The van der Waals surface area contributed by atoms with Gasteiger partial charge in [0.15, 0.2) is 0 Å². The molecule has 18 nitrogen and oxygen atoms in total. The molecule has 6 aromatic rings. The van der Waals surface area contributed by atoms with E-state index < -0.39 is 30.0 Å². The van der Waals surface area contributed by atoms with Crippen LogP contribution in [0.15, 0.2) is 94.7 Å². The van der Waals surface area contributed by atoms with E-state index >= 15 is 0 Å². The minimum atomic E-state index is -5.09. The third kappa shape index (κ3) is 13.9. The fourth-order valence-corrected chi connectivity index (χ4v) is 7.54. The van der Waals surface area contributed by atoms with Crippen LogP contribution in [0, 0.1) is 13.8 Å². The van der Waals surface area contributed by atoms with E-state index in [4.69, 9.17) is 0 Å². The molecule has 0 atom stereocenters. The number of benzene rings is 4. The van der Waals surface area contributed by atoms with E-state index in [0.717, 1.165) is 34.6 Å². The van der Waals surface area contributed by atoms with Crippen molar-refractivity contribution in [2.75, 3.05) is 57.2 Å². The van der Waals surface area contributed by atoms with E-state index in [2.05, 4.69) is 51.2 Å². The van der Waals surface area contributed by atoms with Gasteiger partial charge in [-0.1, -0.05) is 59.7 Å². The van der Waals surface area contributed by atoms with Crippen LogP contribution in [-0.2, 0) is 20.2 Å². The molecule has 2 aromatic heterocycles. The van der Waals surface area contributed by atoms with Gasteiger partial charge >= 0.3 is 59.1 Å². The van der Waals surface area contributed by atoms with Crippen molar-refractivity contribution in [3.63, 3.8) is 0 Å². The Morgan fingerprint density at radius 3 is 1.03 bits per heavy atom. The van der Waals surface area contributed by atoms with Crippen molar-refractivity contribution in [3.05, 3.63) is 107 Å². The average molecular weight is 925 g/mol. The van der Waals surface area contributed by atoms with Gasteiger partial charge in [-0.15, -0.1) is 0 Å². The molecule has 0 aliphatic rings. The van der Waals surface area contributed by atoms with Crippen molar-refractivity contribution in [3.8, 4) is 0 Å². The van der Waals surface area contributed by atoms with Gasteiger partial charge in [0, 0.05) is 48.9 Å². The Kier molecular flexibility index (Phi) is 18.6. The third-order valence-corrected chi connectivity index (χ3v) is 11.3. The maximum Gasteiger partial charge on any atom is 1.00 e. The fraction of sp³-hybridized carbons (Fsp3) is 0.238. The monoisotopic (exact) mass is 924 g/mol. The molecule has 4 aromatic carbocycles. The van der Waals surface area contributed by atoms with E-state index in [0.29, 0.717) is 38.1 Å². The minimum Gasteiger partial charge on any atom is -0.744 e. The zero-order chi connectivity index (χ0) is 44.6. The first-order chi connectivity index (χ1) is 29.5. The van der Waals surface area contributed by atoms with Gasteiger partial charge in [-0.3, -0.25) is 0 Å². The molecule has 4 N–H and O–H groups in total. The second-order valence-electron chi connectivity index (χ2n) is 13.9. The Hall–Kier alpha value is -4.74. The number of hydrogen-bond acceptors (Lipinski definition) is 18. The Morgan fingerprint density at radius 2 is 0.750 bits per heavy atom. The smallest absolute Gasteiger partial charge is 0.744 e. The number of nitrogens with zero attached hydrogens (tertiary/aromatic N) is 8. The standard InChI is InChI=1S/C42H48N12O6S2.2Na/c1-7-53(8-2)41-49-37(43-31-19-11-27(5)12-20-31)47-39(51-41)45-33-23-17-29(35(25-33)61(55,56)57)15-16-30-18-24-34(26-36(30)62(58,59)60)46-40-48-38(44-32-21-13-28(6)14-22-32)50-42(52-40)54(9-3)10-4;;/h11-26H,7-10H2,1-6H3,(H,55,56,57)(H,58,59,60)(H2,43,45,47,49,51)(H2,44,46,48,50,52);;/q;2*+1/p-2/b16-15+;;. The summed E-state index contributed by atoms with van der Waals surface area (Å²) in [5.74, 6) is 1.34. The predicted octanol–water partition coefficient (Wildman–Crippen LogP) is 1.33. The van der Waals surface area contributed by atoms with Gasteiger partial charge < -0.3 is 40.2 Å². The molecule has 64 heavy (non-hydrogen) atoms. The molecule has 2 heterocycles. The van der Waals surface area contributed by atoms with E-state index in [-0.39, 0.29) is 105 Å². The van der Waals surface area contributed by atoms with Crippen molar-refractivity contribution >= 4 is 90.8 Å². The first-order valence-corrected chi connectivity index (χ1v) is 22.5. The van der Waals surface area contributed by atoms with Crippen LogP contribution in [0.2, 0.25) is 0 Å². The van der Waals surface area contributed by atoms with E-state index in [1.54, 1.807) is 0 Å². The topological polar surface area (TPSA) is 246 Å². The molecule has 0 aliphatic carbocycles. The Bertz CT molecular complexity index is 2610. The second kappa shape index (κ2) is 22.9. The maximum absolute atomic E-state index is 12.6. The maximum atomic E-state index is 12.6. The number of rotatable bonds is 18. The van der Waals surface area contributed by atoms with Crippen molar-refractivity contribution in [1.82, 2.24) is 29.9 Å². The molecule has 0 aliphatic heterocycles. The summed E-state index contributed by atoms with van der Waals surface area (Å²) in [6, 6.07) is 23.2. The van der Waals surface area contributed by atoms with Crippen molar-refractivity contribution in [2.24, 2.45) is 0 Å². The van der Waals surface area contributed by atoms with Crippen LogP contribution in [0.1, 0.15) is 49.9 Å². The molecule has 0 radical (unpaired) electrons.